The summed E-state index contributed by atoms with van der Waals surface area (Å²) in [6.07, 6.45) is 1.01. The molecular formula is C16H16FN. The van der Waals surface area contributed by atoms with Crippen molar-refractivity contribution in [2.75, 3.05) is 11.9 Å². The molecule has 1 atom stereocenters. The molecule has 0 bridgehead atoms. The van der Waals surface area contributed by atoms with Crippen LogP contribution in [0.5, 0.6) is 0 Å². The van der Waals surface area contributed by atoms with Gasteiger partial charge in [-0.15, -0.1) is 0 Å². The average Bonchev–Trinajstić information content (AvgIpc) is 2.38. The van der Waals surface area contributed by atoms with E-state index in [1.54, 1.807) is 6.07 Å². The van der Waals surface area contributed by atoms with Crippen LogP contribution in [0.2, 0.25) is 0 Å². The fraction of sp³-hybridized carbons (Fsp3) is 0.250. The Hall–Kier alpha value is -1.83. The highest BCUT2D eigenvalue weighted by molar-refractivity contribution is 5.57. The van der Waals surface area contributed by atoms with Crippen molar-refractivity contribution < 1.29 is 4.39 Å². The van der Waals surface area contributed by atoms with Gasteiger partial charge in [-0.1, -0.05) is 29.8 Å². The predicted octanol–water partition coefficient (Wildman–Crippen LogP) is 4.08. The van der Waals surface area contributed by atoms with E-state index in [1.807, 2.05) is 6.07 Å². The highest BCUT2D eigenvalue weighted by Gasteiger charge is 2.22. The van der Waals surface area contributed by atoms with Crippen LogP contribution < -0.4 is 5.32 Å². The molecule has 2 heteroatoms. The molecule has 92 valence electrons. The maximum atomic E-state index is 13.4. The van der Waals surface area contributed by atoms with Crippen LogP contribution in [0.3, 0.4) is 0 Å². The molecule has 0 saturated carbocycles. The fourth-order valence-electron chi connectivity index (χ4n) is 2.72. The molecule has 0 aliphatic carbocycles. The summed E-state index contributed by atoms with van der Waals surface area (Å²) in [5.74, 6) is 0.145. The Balaban J connectivity index is 2.08. The molecule has 1 N–H and O–H groups in total. The molecule has 18 heavy (non-hydrogen) atoms. The third kappa shape index (κ3) is 1.99. The second-order valence-corrected chi connectivity index (χ2v) is 4.91. The van der Waals surface area contributed by atoms with E-state index in [1.165, 1.54) is 17.2 Å². The van der Waals surface area contributed by atoms with Crippen LogP contribution >= 0.6 is 0 Å². The molecule has 1 unspecified atom stereocenters. The number of aryl methyl sites for hydroxylation is 1. The van der Waals surface area contributed by atoms with Crippen molar-refractivity contribution in [3.8, 4) is 0 Å². The highest BCUT2D eigenvalue weighted by atomic mass is 19.1. The minimum Gasteiger partial charge on any atom is -0.385 e. The van der Waals surface area contributed by atoms with Crippen molar-refractivity contribution in [2.45, 2.75) is 19.3 Å². The van der Waals surface area contributed by atoms with Gasteiger partial charge in [0.1, 0.15) is 5.82 Å². The van der Waals surface area contributed by atoms with E-state index < -0.39 is 0 Å². The lowest BCUT2D eigenvalue weighted by Gasteiger charge is -2.27. The van der Waals surface area contributed by atoms with E-state index in [9.17, 15) is 4.39 Å². The highest BCUT2D eigenvalue weighted by Crippen LogP contribution is 2.36. The third-order valence-electron chi connectivity index (χ3n) is 3.58. The van der Waals surface area contributed by atoms with Crippen LogP contribution in [0.1, 0.15) is 29.0 Å². The molecular weight excluding hydrogens is 225 g/mol. The minimum atomic E-state index is -0.157. The summed E-state index contributed by atoms with van der Waals surface area (Å²) in [5, 5.41) is 3.34. The second-order valence-electron chi connectivity index (χ2n) is 4.91. The van der Waals surface area contributed by atoms with Gasteiger partial charge in [0.25, 0.3) is 0 Å². The number of benzene rings is 2. The zero-order chi connectivity index (χ0) is 12.5. The monoisotopic (exact) mass is 241 g/mol. The first kappa shape index (κ1) is 11.3. The standard InChI is InChI=1S/C16H16FN/c1-11-3-2-4-12(9-11)14-7-8-18-16-6-5-13(17)10-15(14)16/h2-6,9-10,14,18H,7-8H2,1H3. The van der Waals surface area contributed by atoms with Crippen LogP contribution in [-0.4, -0.2) is 6.54 Å². The van der Waals surface area contributed by atoms with Gasteiger partial charge in [0, 0.05) is 18.2 Å². The predicted molar refractivity (Wildman–Crippen MR) is 72.5 cm³/mol. The van der Waals surface area contributed by atoms with Gasteiger partial charge in [-0.05, 0) is 42.7 Å². The molecule has 3 rings (SSSR count). The minimum absolute atomic E-state index is 0.157. The number of halogens is 1. The number of nitrogens with one attached hydrogen (secondary N) is 1. The lowest BCUT2D eigenvalue weighted by atomic mass is 9.84. The van der Waals surface area contributed by atoms with E-state index >= 15 is 0 Å². The quantitative estimate of drug-likeness (QED) is 0.793. The lowest BCUT2D eigenvalue weighted by molar-refractivity contribution is 0.618. The van der Waals surface area contributed by atoms with Gasteiger partial charge in [0.05, 0.1) is 0 Å². The Bertz CT molecular complexity index is 577. The largest absolute Gasteiger partial charge is 0.385 e. The Morgan fingerprint density at radius 3 is 2.89 bits per heavy atom. The van der Waals surface area contributed by atoms with Crippen LogP contribution in [0, 0.1) is 12.7 Å². The van der Waals surface area contributed by atoms with E-state index in [0.29, 0.717) is 5.92 Å². The summed E-state index contributed by atoms with van der Waals surface area (Å²) in [7, 11) is 0. The van der Waals surface area contributed by atoms with Crippen molar-refractivity contribution in [3.63, 3.8) is 0 Å². The molecule has 1 aliphatic rings. The molecule has 0 aromatic heterocycles. The summed E-state index contributed by atoms with van der Waals surface area (Å²) >= 11 is 0. The third-order valence-corrected chi connectivity index (χ3v) is 3.58. The van der Waals surface area contributed by atoms with Crippen molar-refractivity contribution in [3.05, 3.63) is 65.0 Å². The molecule has 1 nitrogen and oxygen atoms in total. The number of hydrogen-bond donors (Lipinski definition) is 1. The van der Waals surface area contributed by atoms with Gasteiger partial charge in [-0.3, -0.25) is 0 Å². The normalized spacial score (nSPS) is 18.0. The summed E-state index contributed by atoms with van der Waals surface area (Å²) in [6, 6.07) is 13.5. The topological polar surface area (TPSA) is 12.0 Å². The zero-order valence-corrected chi connectivity index (χ0v) is 10.4. The Morgan fingerprint density at radius 1 is 1.17 bits per heavy atom. The van der Waals surface area contributed by atoms with Crippen molar-refractivity contribution >= 4 is 5.69 Å². The van der Waals surface area contributed by atoms with Crippen LogP contribution in [0.15, 0.2) is 42.5 Å². The van der Waals surface area contributed by atoms with Crippen LogP contribution in [-0.2, 0) is 0 Å². The van der Waals surface area contributed by atoms with E-state index in [4.69, 9.17) is 0 Å². The molecule has 0 amide bonds. The van der Waals surface area contributed by atoms with Gasteiger partial charge in [-0.2, -0.15) is 0 Å². The molecule has 0 spiro atoms. The van der Waals surface area contributed by atoms with Gasteiger partial charge in [0.15, 0.2) is 0 Å². The Labute approximate surface area is 107 Å². The molecule has 2 aromatic rings. The summed E-state index contributed by atoms with van der Waals surface area (Å²) in [6.45, 7) is 3.04. The maximum Gasteiger partial charge on any atom is 0.123 e. The zero-order valence-electron chi connectivity index (χ0n) is 10.4. The second kappa shape index (κ2) is 4.45. The fourth-order valence-corrected chi connectivity index (χ4v) is 2.72. The van der Waals surface area contributed by atoms with Gasteiger partial charge in [0.2, 0.25) is 0 Å². The summed E-state index contributed by atoms with van der Waals surface area (Å²) in [5.41, 5.74) is 4.67. The number of hydrogen-bond acceptors (Lipinski definition) is 1. The molecule has 1 heterocycles. The van der Waals surface area contributed by atoms with Gasteiger partial charge >= 0.3 is 0 Å². The number of fused-ring (bicyclic) bond motifs is 1. The molecule has 2 aromatic carbocycles. The van der Waals surface area contributed by atoms with Crippen LogP contribution in [0.25, 0.3) is 0 Å². The maximum absolute atomic E-state index is 13.4. The average molecular weight is 241 g/mol. The van der Waals surface area contributed by atoms with E-state index in [-0.39, 0.29) is 5.82 Å². The Morgan fingerprint density at radius 2 is 2.06 bits per heavy atom. The van der Waals surface area contributed by atoms with Gasteiger partial charge < -0.3 is 5.32 Å². The molecule has 1 aliphatic heterocycles. The SMILES string of the molecule is Cc1cccc(C2CCNc3ccc(F)cc32)c1. The van der Waals surface area contributed by atoms with Crippen molar-refractivity contribution in [1.82, 2.24) is 0 Å². The molecule has 0 radical (unpaired) electrons. The van der Waals surface area contributed by atoms with Crippen molar-refractivity contribution in [1.29, 1.82) is 0 Å². The molecule has 0 fully saturated rings. The summed E-state index contributed by atoms with van der Waals surface area (Å²) < 4.78 is 13.4. The first-order valence-electron chi connectivity index (χ1n) is 6.34. The van der Waals surface area contributed by atoms with Gasteiger partial charge in [-0.25, -0.2) is 4.39 Å². The Kier molecular flexibility index (Phi) is 2.78. The smallest absolute Gasteiger partial charge is 0.123 e. The molecule has 0 saturated heterocycles. The van der Waals surface area contributed by atoms with Crippen LogP contribution in [0.4, 0.5) is 10.1 Å². The number of anilines is 1. The van der Waals surface area contributed by atoms with E-state index in [0.717, 1.165) is 24.2 Å². The lowest BCUT2D eigenvalue weighted by Crippen LogP contribution is -2.17. The first-order valence-corrected chi connectivity index (χ1v) is 6.34. The van der Waals surface area contributed by atoms with E-state index in [2.05, 4.69) is 36.5 Å². The first-order chi connectivity index (χ1) is 8.74. The summed E-state index contributed by atoms with van der Waals surface area (Å²) in [4.78, 5) is 0. The number of rotatable bonds is 1. The van der Waals surface area contributed by atoms with Crippen molar-refractivity contribution in [2.24, 2.45) is 0 Å².